The zero-order valence-electron chi connectivity index (χ0n) is 12.1. The van der Waals surface area contributed by atoms with Crippen LogP contribution in [0.2, 0.25) is 0 Å². The lowest BCUT2D eigenvalue weighted by Crippen LogP contribution is -2.29. The third-order valence-corrected chi connectivity index (χ3v) is 3.97. The van der Waals surface area contributed by atoms with E-state index in [0.717, 1.165) is 35.6 Å². The first-order valence-corrected chi connectivity index (χ1v) is 7.27. The molecule has 2 rings (SSSR count). The van der Waals surface area contributed by atoms with Crippen molar-refractivity contribution in [1.29, 1.82) is 0 Å². The van der Waals surface area contributed by atoms with E-state index in [2.05, 4.69) is 47.1 Å². The second kappa shape index (κ2) is 5.84. The van der Waals surface area contributed by atoms with E-state index in [0.29, 0.717) is 6.04 Å². The highest BCUT2D eigenvalue weighted by Crippen LogP contribution is 2.20. The monoisotopic (exact) mass is 278 g/mol. The molecule has 0 saturated carbocycles. The molecule has 0 spiro atoms. The number of nitrogens with zero attached hydrogens (tertiary/aromatic N) is 3. The first kappa shape index (κ1) is 14.2. The van der Waals surface area contributed by atoms with E-state index in [1.807, 2.05) is 12.3 Å². The van der Waals surface area contributed by atoms with Gasteiger partial charge in [0.2, 0.25) is 0 Å². The molecule has 0 radical (unpaired) electrons. The van der Waals surface area contributed by atoms with Gasteiger partial charge in [0, 0.05) is 18.8 Å². The number of rotatable bonds is 5. The lowest BCUT2D eigenvalue weighted by atomic mass is 10.2. The maximum atomic E-state index is 5.46. The summed E-state index contributed by atoms with van der Waals surface area (Å²) in [6.45, 7) is 11.8. The van der Waals surface area contributed by atoms with Crippen LogP contribution in [-0.2, 0) is 0 Å². The van der Waals surface area contributed by atoms with Gasteiger partial charge < -0.3 is 9.88 Å². The van der Waals surface area contributed by atoms with Crippen LogP contribution >= 0.6 is 12.2 Å². The van der Waals surface area contributed by atoms with Gasteiger partial charge in [-0.2, -0.15) is 0 Å². The van der Waals surface area contributed by atoms with Crippen molar-refractivity contribution in [3.63, 3.8) is 0 Å². The van der Waals surface area contributed by atoms with E-state index in [9.17, 15) is 0 Å². The van der Waals surface area contributed by atoms with Crippen LogP contribution in [0.25, 0.3) is 11.2 Å². The Kier molecular flexibility index (Phi) is 4.37. The van der Waals surface area contributed by atoms with Crippen molar-refractivity contribution in [3.05, 3.63) is 22.6 Å². The van der Waals surface area contributed by atoms with E-state index in [-0.39, 0.29) is 0 Å². The Morgan fingerprint density at radius 1 is 1.42 bits per heavy atom. The van der Waals surface area contributed by atoms with Crippen LogP contribution in [0, 0.1) is 11.7 Å². The van der Waals surface area contributed by atoms with Gasteiger partial charge in [-0.1, -0.05) is 13.8 Å². The zero-order valence-corrected chi connectivity index (χ0v) is 12.9. The number of nitrogens with one attached hydrogen (secondary N) is 1. The molecule has 0 saturated heterocycles. The van der Waals surface area contributed by atoms with Crippen LogP contribution in [0.1, 0.15) is 32.4 Å². The predicted octanol–water partition coefficient (Wildman–Crippen LogP) is 3.31. The maximum absolute atomic E-state index is 5.46. The summed E-state index contributed by atoms with van der Waals surface area (Å²) < 4.78 is 2.90. The Morgan fingerprint density at radius 2 is 2.11 bits per heavy atom. The predicted molar refractivity (Wildman–Crippen MR) is 82.2 cm³/mol. The number of pyridine rings is 1. The van der Waals surface area contributed by atoms with Gasteiger partial charge in [-0.3, -0.25) is 4.57 Å². The molecule has 19 heavy (non-hydrogen) atoms. The smallest absolute Gasteiger partial charge is 0.179 e. The minimum atomic E-state index is 0.315. The Labute approximate surface area is 119 Å². The van der Waals surface area contributed by atoms with Crippen LogP contribution in [0.5, 0.6) is 0 Å². The summed E-state index contributed by atoms with van der Waals surface area (Å²) in [7, 11) is 0. The van der Waals surface area contributed by atoms with Crippen LogP contribution in [0.3, 0.4) is 0 Å². The molecule has 0 aliphatic carbocycles. The van der Waals surface area contributed by atoms with Crippen molar-refractivity contribution in [1.82, 2.24) is 19.4 Å². The van der Waals surface area contributed by atoms with Crippen molar-refractivity contribution >= 4 is 23.4 Å². The van der Waals surface area contributed by atoms with E-state index < -0.39 is 0 Å². The summed E-state index contributed by atoms with van der Waals surface area (Å²) in [5, 5.41) is 0. The van der Waals surface area contributed by atoms with Crippen molar-refractivity contribution in [2.24, 2.45) is 0 Å². The first-order valence-electron chi connectivity index (χ1n) is 6.86. The van der Waals surface area contributed by atoms with Crippen LogP contribution < -0.4 is 0 Å². The number of aryl methyl sites for hydroxylation is 1. The van der Waals surface area contributed by atoms with Gasteiger partial charge in [0.05, 0.1) is 5.52 Å². The van der Waals surface area contributed by atoms with Crippen LogP contribution in [-0.4, -0.2) is 39.1 Å². The number of likely N-dealkylation sites (N-methyl/N-ethyl adjacent to an activating group) is 1. The highest BCUT2D eigenvalue weighted by atomic mass is 32.1. The molecule has 2 aromatic rings. The molecule has 2 aromatic heterocycles. The molecule has 0 aromatic carbocycles. The highest BCUT2D eigenvalue weighted by Gasteiger charge is 2.15. The fourth-order valence-corrected chi connectivity index (χ4v) is 2.86. The third kappa shape index (κ3) is 2.72. The quantitative estimate of drug-likeness (QED) is 0.853. The molecular weight excluding hydrogens is 256 g/mol. The molecule has 0 aliphatic heterocycles. The van der Waals surface area contributed by atoms with Gasteiger partial charge in [0.1, 0.15) is 0 Å². The first-order chi connectivity index (χ1) is 9.08. The Bertz CT molecular complexity index is 609. The van der Waals surface area contributed by atoms with Crippen molar-refractivity contribution in [3.8, 4) is 0 Å². The minimum Gasteiger partial charge on any atom is -0.329 e. The van der Waals surface area contributed by atoms with Gasteiger partial charge in [0.25, 0.3) is 0 Å². The van der Waals surface area contributed by atoms with E-state index in [1.165, 1.54) is 5.56 Å². The molecule has 0 fully saturated rings. The fraction of sp³-hybridized carbons (Fsp3) is 0.571. The molecule has 4 nitrogen and oxygen atoms in total. The highest BCUT2D eigenvalue weighted by molar-refractivity contribution is 7.71. The third-order valence-electron chi connectivity index (χ3n) is 3.68. The molecule has 104 valence electrons. The fourth-order valence-electron chi connectivity index (χ4n) is 2.49. The molecule has 2 heterocycles. The lowest BCUT2D eigenvalue weighted by molar-refractivity contribution is 0.262. The molecule has 1 atom stereocenters. The van der Waals surface area contributed by atoms with E-state index in [1.54, 1.807) is 0 Å². The standard InChI is InChI=1S/C14H22N4S/c1-5-17(6-2)9-11(4)18-13-12(16-14(18)19)10(3)7-8-15-13/h7-8,11H,5-6,9H2,1-4H3,(H,16,19). The summed E-state index contributed by atoms with van der Waals surface area (Å²) in [6, 6.07) is 2.32. The van der Waals surface area contributed by atoms with Crippen LogP contribution in [0.15, 0.2) is 12.3 Å². The SMILES string of the molecule is CCN(CC)CC(C)n1c(=S)[nH]c2c(C)ccnc21. The van der Waals surface area contributed by atoms with Gasteiger partial charge in [-0.15, -0.1) is 0 Å². The molecule has 0 amide bonds. The number of hydrogen-bond acceptors (Lipinski definition) is 3. The van der Waals surface area contributed by atoms with Gasteiger partial charge in [0.15, 0.2) is 10.4 Å². The average molecular weight is 278 g/mol. The minimum absolute atomic E-state index is 0.315. The maximum Gasteiger partial charge on any atom is 0.179 e. The lowest BCUT2D eigenvalue weighted by Gasteiger charge is -2.23. The molecule has 5 heteroatoms. The number of aromatic nitrogens is 3. The summed E-state index contributed by atoms with van der Waals surface area (Å²) in [5.74, 6) is 0. The van der Waals surface area contributed by atoms with Crippen LogP contribution in [0.4, 0.5) is 0 Å². The average Bonchev–Trinajstić information content (AvgIpc) is 2.73. The summed E-state index contributed by atoms with van der Waals surface area (Å²) >= 11 is 5.46. The van der Waals surface area contributed by atoms with Gasteiger partial charge in [-0.25, -0.2) is 4.98 Å². The van der Waals surface area contributed by atoms with Crippen molar-refractivity contribution in [2.75, 3.05) is 19.6 Å². The number of aromatic amines is 1. The second-order valence-corrected chi connectivity index (χ2v) is 5.35. The molecular formula is C14H22N4S. The largest absolute Gasteiger partial charge is 0.329 e. The van der Waals surface area contributed by atoms with Crippen molar-refractivity contribution < 1.29 is 0 Å². The Morgan fingerprint density at radius 3 is 2.74 bits per heavy atom. The summed E-state index contributed by atoms with van der Waals surface area (Å²) in [4.78, 5) is 10.2. The number of hydrogen-bond donors (Lipinski definition) is 1. The summed E-state index contributed by atoms with van der Waals surface area (Å²) in [5.41, 5.74) is 3.20. The number of H-pyrrole nitrogens is 1. The molecule has 0 aliphatic rings. The van der Waals surface area contributed by atoms with E-state index in [4.69, 9.17) is 12.2 Å². The number of fused-ring (bicyclic) bond motifs is 1. The summed E-state index contributed by atoms with van der Waals surface area (Å²) in [6.07, 6.45) is 1.85. The van der Waals surface area contributed by atoms with E-state index >= 15 is 0 Å². The molecule has 0 bridgehead atoms. The Balaban J connectivity index is 2.42. The zero-order chi connectivity index (χ0) is 14.0. The van der Waals surface area contributed by atoms with Gasteiger partial charge in [-0.05, 0) is 50.8 Å². The van der Waals surface area contributed by atoms with Crippen molar-refractivity contribution in [2.45, 2.75) is 33.7 Å². The topological polar surface area (TPSA) is 36.9 Å². The second-order valence-electron chi connectivity index (χ2n) is 4.96. The number of imidazole rings is 1. The Hall–Kier alpha value is -1.20. The molecule has 1 unspecified atom stereocenters. The normalized spacial score (nSPS) is 13.3. The molecule has 1 N–H and O–H groups in total. The van der Waals surface area contributed by atoms with Gasteiger partial charge >= 0.3 is 0 Å².